The first-order chi connectivity index (χ1) is 7.42. The van der Waals surface area contributed by atoms with Crippen molar-refractivity contribution in [2.45, 2.75) is 65.3 Å². The number of nitrogens with two attached hydrogens (primary N) is 1. The molecule has 2 N–H and O–H groups in total. The van der Waals surface area contributed by atoms with Crippen LogP contribution in [0.2, 0.25) is 0 Å². The minimum Gasteiger partial charge on any atom is -0.325 e. The summed E-state index contributed by atoms with van der Waals surface area (Å²) in [7, 11) is 0. The van der Waals surface area contributed by atoms with Crippen LogP contribution >= 0.6 is 0 Å². The summed E-state index contributed by atoms with van der Waals surface area (Å²) in [5.41, 5.74) is 9.40. The topological polar surface area (TPSA) is 26.0 Å². The van der Waals surface area contributed by atoms with E-state index in [-0.39, 0.29) is 5.54 Å². The Labute approximate surface area is 101 Å². The van der Waals surface area contributed by atoms with E-state index in [1.54, 1.807) is 0 Å². The van der Waals surface area contributed by atoms with Crippen molar-refractivity contribution in [1.82, 2.24) is 0 Å². The van der Waals surface area contributed by atoms with E-state index in [2.05, 4.69) is 39.8 Å². The van der Waals surface area contributed by atoms with E-state index in [0.29, 0.717) is 5.92 Å². The zero-order chi connectivity index (χ0) is 12.2. The maximum atomic E-state index is 6.46. The average Bonchev–Trinajstić information content (AvgIpc) is 2.17. The molecule has 1 aliphatic carbocycles. The molecule has 0 spiro atoms. The summed E-state index contributed by atoms with van der Waals surface area (Å²) in [6.07, 6.45) is 10.6. The summed E-state index contributed by atoms with van der Waals surface area (Å²) in [4.78, 5) is 0. The van der Waals surface area contributed by atoms with Crippen LogP contribution < -0.4 is 5.73 Å². The Kier molecular flexibility index (Phi) is 4.79. The third-order valence-electron chi connectivity index (χ3n) is 3.81. The summed E-state index contributed by atoms with van der Waals surface area (Å²) in [5.74, 6) is 0.668. The highest BCUT2D eigenvalue weighted by Crippen LogP contribution is 2.33. The Morgan fingerprint density at radius 3 is 2.75 bits per heavy atom. The molecule has 1 rings (SSSR count). The lowest BCUT2D eigenvalue weighted by molar-refractivity contribution is 0.256. The SMILES string of the molecule is CC(C)=CCC[C@@](C)(N)[C@H]1CC=C(C)CC1. The molecule has 16 heavy (non-hydrogen) atoms. The minimum atomic E-state index is 0.00313. The van der Waals surface area contributed by atoms with Gasteiger partial charge in [0.25, 0.3) is 0 Å². The highest BCUT2D eigenvalue weighted by molar-refractivity contribution is 5.07. The molecule has 1 aliphatic rings. The van der Waals surface area contributed by atoms with Gasteiger partial charge in [0.1, 0.15) is 0 Å². The van der Waals surface area contributed by atoms with Crippen molar-refractivity contribution in [2.75, 3.05) is 0 Å². The van der Waals surface area contributed by atoms with E-state index >= 15 is 0 Å². The van der Waals surface area contributed by atoms with Crippen LogP contribution in [0.3, 0.4) is 0 Å². The molecule has 0 amide bonds. The maximum Gasteiger partial charge on any atom is 0.0160 e. The molecule has 92 valence electrons. The molecule has 0 aliphatic heterocycles. The molecule has 1 heteroatoms. The molecule has 0 unspecified atom stereocenters. The van der Waals surface area contributed by atoms with Crippen LogP contribution in [0.1, 0.15) is 59.8 Å². The van der Waals surface area contributed by atoms with Gasteiger partial charge in [0.2, 0.25) is 0 Å². The first-order valence-corrected chi connectivity index (χ1v) is 6.49. The molecule has 0 aromatic carbocycles. The molecule has 0 fully saturated rings. The van der Waals surface area contributed by atoms with Gasteiger partial charge in [-0.05, 0) is 65.7 Å². The molecule has 2 atom stereocenters. The summed E-state index contributed by atoms with van der Waals surface area (Å²) < 4.78 is 0. The Balaban J connectivity index is 2.47. The predicted octanol–water partition coefficient (Wildman–Crippen LogP) is 4.20. The van der Waals surface area contributed by atoms with Gasteiger partial charge < -0.3 is 5.73 Å². The lowest BCUT2D eigenvalue weighted by atomic mass is 9.75. The third kappa shape index (κ3) is 4.13. The van der Waals surface area contributed by atoms with Crippen molar-refractivity contribution in [3.8, 4) is 0 Å². The Hall–Kier alpha value is -0.560. The quantitative estimate of drug-likeness (QED) is 0.707. The molecule has 0 aromatic rings. The average molecular weight is 221 g/mol. The van der Waals surface area contributed by atoms with Crippen LogP contribution in [0.15, 0.2) is 23.3 Å². The standard InChI is InChI=1S/C15H27N/c1-12(2)6-5-11-15(4,16)14-9-7-13(3)8-10-14/h6-7,14H,5,8-11,16H2,1-4H3/t14-,15+/m0/s1. The largest absolute Gasteiger partial charge is 0.325 e. The maximum absolute atomic E-state index is 6.46. The van der Waals surface area contributed by atoms with Gasteiger partial charge in [-0.3, -0.25) is 0 Å². The molecule has 0 saturated heterocycles. The van der Waals surface area contributed by atoms with Gasteiger partial charge in [0.15, 0.2) is 0 Å². The van der Waals surface area contributed by atoms with Gasteiger partial charge >= 0.3 is 0 Å². The van der Waals surface area contributed by atoms with Gasteiger partial charge in [-0.1, -0.05) is 23.3 Å². The third-order valence-corrected chi connectivity index (χ3v) is 3.81. The highest BCUT2D eigenvalue weighted by atomic mass is 14.7. The Morgan fingerprint density at radius 2 is 2.25 bits per heavy atom. The second-order valence-electron chi connectivity index (χ2n) is 5.85. The summed E-state index contributed by atoms with van der Waals surface area (Å²) in [6, 6.07) is 0. The van der Waals surface area contributed by atoms with Crippen LogP contribution in [-0.2, 0) is 0 Å². The van der Waals surface area contributed by atoms with Crippen molar-refractivity contribution in [1.29, 1.82) is 0 Å². The van der Waals surface area contributed by atoms with Crippen molar-refractivity contribution < 1.29 is 0 Å². The van der Waals surface area contributed by atoms with Crippen LogP contribution in [0.25, 0.3) is 0 Å². The Bertz CT molecular complexity index is 280. The molecule has 0 bridgehead atoms. The van der Waals surface area contributed by atoms with Gasteiger partial charge in [-0.25, -0.2) is 0 Å². The van der Waals surface area contributed by atoms with Gasteiger partial charge in [-0.2, -0.15) is 0 Å². The van der Waals surface area contributed by atoms with Crippen LogP contribution in [-0.4, -0.2) is 5.54 Å². The van der Waals surface area contributed by atoms with Crippen molar-refractivity contribution in [3.05, 3.63) is 23.3 Å². The number of rotatable bonds is 4. The summed E-state index contributed by atoms with van der Waals surface area (Å²) in [5, 5.41) is 0. The van der Waals surface area contributed by atoms with E-state index in [0.717, 1.165) is 12.8 Å². The van der Waals surface area contributed by atoms with Crippen molar-refractivity contribution in [2.24, 2.45) is 11.7 Å². The van der Waals surface area contributed by atoms with Crippen molar-refractivity contribution >= 4 is 0 Å². The first-order valence-electron chi connectivity index (χ1n) is 6.49. The van der Waals surface area contributed by atoms with E-state index in [1.165, 1.54) is 30.4 Å². The monoisotopic (exact) mass is 221 g/mol. The fraction of sp³-hybridized carbons (Fsp3) is 0.733. The molecule has 0 saturated carbocycles. The molecule has 1 nitrogen and oxygen atoms in total. The number of hydrogen-bond donors (Lipinski definition) is 1. The second-order valence-corrected chi connectivity index (χ2v) is 5.85. The molecular weight excluding hydrogens is 194 g/mol. The zero-order valence-electron chi connectivity index (χ0n) is 11.3. The second kappa shape index (κ2) is 5.67. The molecule has 0 aromatic heterocycles. The smallest absolute Gasteiger partial charge is 0.0160 e. The summed E-state index contributed by atoms with van der Waals surface area (Å²) >= 11 is 0. The van der Waals surface area contributed by atoms with Crippen molar-refractivity contribution in [3.63, 3.8) is 0 Å². The van der Waals surface area contributed by atoms with Crippen LogP contribution in [0.5, 0.6) is 0 Å². The molecular formula is C15H27N. The van der Waals surface area contributed by atoms with Crippen LogP contribution in [0.4, 0.5) is 0 Å². The highest BCUT2D eigenvalue weighted by Gasteiger charge is 2.29. The van der Waals surface area contributed by atoms with E-state index < -0.39 is 0 Å². The Morgan fingerprint density at radius 1 is 1.56 bits per heavy atom. The molecule has 0 radical (unpaired) electrons. The molecule has 0 heterocycles. The van der Waals surface area contributed by atoms with E-state index in [1.807, 2.05) is 0 Å². The zero-order valence-corrected chi connectivity index (χ0v) is 11.3. The lowest BCUT2D eigenvalue weighted by Crippen LogP contribution is -2.44. The lowest BCUT2D eigenvalue weighted by Gasteiger charge is -2.36. The number of hydrogen-bond acceptors (Lipinski definition) is 1. The van der Waals surface area contributed by atoms with Gasteiger partial charge in [0.05, 0.1) is 0 Å². The van der Waals surface area contributed by atoms with E-state index in [9.17, 15) is 0 Å². The minimum absolute atomic E-state index is 0.00313. The fourth-order valence-corrected chi connectivity index (χ4v) is 2.44. The predicted molar refractivity (Wildman–Crippen MR) is 72.4 cm³/mol. The van der Waals surface area contributed by atoms with Crippen LogP contribution in [0, 0.1) is 5.92 Å². The van der Waals surface area contributed by atoms with E-state index in [4.69, 9.17) is 5.73 Å². The first kappa shape index (κ1) is 13.5. The van der Waals surface area contributed by atoms with Gasteiger partial charge in [-0.15, -0.1) is 0 Å². The summed E-state index contributed by atoms with van der Waals surface area (Å²) in [6.45, 7) is 8.76. The number of allylic oxidation sites excluding steroid dienone is 4. The van der Waals surface area contributed by atoms with Gasteiger partial charge in [0, 0.05) is 5.54 Å². The fourth-order valence-electron chi connectivity index (χ4n) is 2.44. The normalized spacial score (nSPS) is 24.6.